The lowest BCUT2D eigenvalue weighted by Gasteiger charge is -2.11. The highest BCUT2D eigenvalue weighted by Crippen LogP contribution is 2.20. The van der Waals surface area contributed by atoms with Gasteiger partial charge in [0.1, 0.15) is 18.2 Å². The van der Waals surface area contributed by atoms with Gasteiger partial charge >= 0.3 is 0 Å². The van der Waals surface area contributed by atoms with Gasteiger partial charge in [-0.3, -0.25) is 0 Å². The Hall–Kier alpha value is -1.62. The smallest absolute Gasteiger partial charge is 0.124 e. The average molecular weight is 350 g/mol. The maximum atomic E-state index is 13.0. The minimum Gasteiger partial charge on any atom is -0.489 e. The second-order valence-corrected chi connectivity index (χ2v) is 6.34. The van der Waals surface area contributed by atoms with Crippen molar-refractivity contribution in [3.63, 3.8) is 0 Å². The van der Waals surface area contributed by atoms with Crippen LogP contribution in [0, 0.1) is 5.82 Å². The molecule has 0 radical (unpaired) electrons. The van der Waals surface area contributed by atoms with Crippen LogP contribution in [0.4, 0.5) is 4.39 Å². The minimum absolute atomic E-state index is 0.315. The fourth-order valence-electron chi connectivity index (χ4n) is 2.69. The van der Waals surface area contributed by atoms with E-state index < -0.39 is 0 Å². The van der Waals surface area contributed by atoms with Gasteiger partial charge in [0.25, 0.3) is 0 Å². The molecule has 0 spiro atoms. The molecule has 0 bridgehead atoms. The van der Waals surface area contributed by atoms with E-state index in [1.54, 1.807) is 6.07 Å². The zero-order valence-corrected chi connectivity index (χ0v) is 14.2. The van der Waals surface area contributed by atoms with E-state index in [2.05, 4.69) is 5.32 Å². The van der Waals surface area contributed by atoms with E-state index >= 15 is 0 Å². The highest BCUT2D eigenvalue weighted by molar-refractivity contribution is 6.31. The van der Waals surface area contributed by atoms with Gasteiger partial charge < -0.3 is 14.8 Å². The number of hydrogen-bond acceptors (Lipinski definition) is 3. The topological polar surface area (TPSA) is 30.5 Å². The Morgan fingerprint density at radius 3 is 2.75 bits per heavy atom. The molecular formula is C19H21ClFNO2. The summed E-state index contributed by atoms with van der Waals surface area (Å²) in [5.74, 6) is 0.418. The predicted molar refractivity (Wildman–Crippen MR) is 92.9 cm³/mol. The molecule has 0 aromatic heterocycles. The van der Waals surface area contributed by atoms with Gasteiger partial charge in [-0.1, -0.05) is 29.8 Å². The van der Waals surface area contributed by atoms with Gasteiger partial charge in [0.2, 0.25) is 0 Å². The molecular weight excluding hydrogens is 329 g/mol. The third kappa shape index (κ3) is 4.94. The van der Waals surface area contributed by atoms with Gasteiger partial charge in [0.05, 0.1) is 11.1 Å². The maximum Gasteiger partial charge on any atom is 0.124 e. The molecule has 3 nitrogen and oxygen atoms in total. The van der Waals surface area contributed by atoms with Crippen molar-refractivity contribution in [2.75, 3.05) is 13.2 Å². The fourth-order valence-corrected chi connectivity index (χ4v) is 2.91. The third-order valence-corrected chi connectivity index (χ3v) is 4.41. The first kappa shape index (κ1) is 17.2. The zero-order valence-electron chi connectivity index (χ0n) is 13.4. The fraction of sp³-hybridized carbons (Fsp3) is 0.368. The van der Waals surface area contributed by atoms with Crippen molar-refractivity contribution >= 4 is 11.6 Å². The highest BCUT2D eigenvalue weighted by Gasteiger charge is 2.14. The average Bonchev–Trinajstić information content (AvgIpc) is 3.09. The Morgan fingerprint density at radius 2 is 2.04 bits per heavy atom. The molecule has 2 aromatic carbocycles. The van der Waals surface area contributed by atoms with Crippen LogP contribution < -0.4 is 10.1 Å². The third-order valence-electron chi connectivity index (χ3n) is 4.06. The van der Waals surface area contributed by atoms with E-state index in [1.807, 2.05) is 24.3 Å². The maximum absolute atomic E-state index is 13.0. The number of rotatable bonds is 7. The molecule has 24 heavy (non-hydrogen) atoms. The first-order valence-corrected chi connectivity index (χ1v) is 8.56. The quantitative estimate of drug-likeness (QED) is 0.807. The Bertz CT molecular complexity index is 657. The van der Waals surface area contributed by atoms with Crippen LogP contribution in [0.15, 0.2) is 42.5 Å². The van der Waals surface area contributed by atoms with Gasteiger partial charge in [-0.2, -0.15) is 0 Å². The van der Waals surface area contributed by atoms with Crippen molar-refractivity contribution in [2.45, 2.75) is 32.1 Å². The second kappa shape index (κ2) is 8.47. The number of nitrogens with one attached hydrogen (secondary N) is 1. The van der Waals surface area contributed by atoms with Crippen LogP contribution in [-0.4, -0.2) is 19.3 Å². The SMILES string of the molecule is Fc1ccc(COc2ccc(CNC[C@H]3CCCO3)cc2)c(Cl)c1. The van der Waals surface area contributed by atoms with Crippen LogP contribution in [-0.2, 0) is 17.9 Å². The van der Waals surface area contributed by atoms with E-state index in [9.17, 15) is 4.39 Å². The largest absolute Gasteiger partial charge is 0.489 e. The first-order valence-electron chi connectivity index (χ1n) is 8.19. The van der Waals surface area contributed by atoms with Crippen LogP contribution in [0.25, 0.3) is 0 Å². The van der Waals surface area contributed by atoms with Crippen LogP contribution in [0.5, 0.6) is 5.75 Å². The van der Waals surface area contributed by atoms with Crippen molar-refractivity contribution in [1.29, 1.82) is 0 Å². The van der Waals surface area contributed by atoms with Gasteiger partial charge in [0, 0.05) is 25.3 Å². The standard InChI is InChI=1S/C19H21ClFNO2/c20-19-10-16(21)6-5-15(19)13-24-17-7-3-14(4-8-17)11-22-12-18-2-1-9-23-18/h3-8,10,18,22H,1-2,9,11-13H2/t18-/m1/s1. The number of hydrogen-bond donors (Lipinski definition) is 1. The summed E-state index contributed by atoms with van der Waals surface area (Å²) in [6.07, 6.45) is 2.66. The van der Waals surface area contributed by atoms with E-state index in [1.165, 1.54) is 17.7 Å². The van der Waals surface area contributed by atoms with E-state index in [-0.39, 0.29) is 5.82 Å². The molecule has 5 heteroatoms. The van der Waals surface area contributed by atoms with Crippen LogP contribution in [0.3, 0.4) is 0 Å². The van der Waals surface area contributed by atoms with Crippen molar-refractivity contribution in [2.24, 2.45) is 0 Å². The molecule has 1 saturated heterocycles. The first-order chi connectivity index (χ1) is 11.7. The molecule has 128 valence electrons. The van der Waals surface area contributed by atoms with Gasteiger partial charge in [-0.15, -0.1) is 0 Å². The van der Waals surface area contributed by atoms with Gasteiger partial charge in [-0.25, -0.2) is 4.39 Å². The number of ether oxygens (including phenoxy) is 2. The summed E-state index contributed by atoms with van der Waals surface area (Å²) in [4.78, 5) is 0. The lowest BCUT2D eigenvalue weighted by atomic mass is 10.2. The summed E-state index contributed by atoms with van der Waals surface area (Å²) < 4.78 is 24.3. The summed E-state index contributed by atoms with van der Waals surface area (Å²) >= 11 is 5.99. The Labute approximate surface area is 146 Å². The number of halogens is 2. The normalized spacial score (nSPS) is 17.2. The molecule has 1 fully saturated rings. The molecule has 0 aliphatic carbocycles. The molecule has 1 aliphatic heterocycles. The number of benzene rings is 2. The van der Waals surface area contributed by atoms with Gasteiger partial charge in [0.15, 0.2) is 0 Å². The molecule has 1 aliphatic rings. The summed E-state index contributed by atoms with van der Waals surface area (Å²) in [7, 11) is 0. The molecule has 2 aromatic rings. The zero-order chi connectivity index (χ0) is 16.8. The van der Waals surface area contributed by atoms with Crippen molar-refractivity contribution in [1.82, 2.24) is 5.32 Å². The summed E-state index contributed by atoms with van der Waals surface area (Å²) in [6.45, 7) is 2.90. The van der Waals surface area contributed by atoms with Crippen LogP contribution in [0.1, 0.15) is 24.0 Å². The second-order valence-electron chi connectivity index (χ2n) is 5.93. The predicted octanol–water partition coefficient (Wildman–Crippen LogP) is 4.33. The Kier molecular flexibility index (Phi) is 6.07. The summed E-state index contributed by atoms with van der Waals surface area (Å²) in [5, 5.41) is 3.79. The molecule has 3 rings (SSSR count). The summed E-state index contributed by atoms with van der Waals surface area (Å²) in [5.41, 5.74) is 1.96. The molecule has 0 unspecified atom stereocenters. The van der Waals surface area contributed by atoms with Gasteiger partial charge in [-0.05, 0) is 42.7 Å². The van der Waals surface area contributed by atoms with Crippen LogP contribution >= 0.6 is 11.6 Å². The minimum atomic E-state index is -0.344. The highest BCUT2D eigenvalue weighted by atomic mass is 35.5. The monoisotopic (exact) mass is 349 g/mol. The lowest BCUT2D eigenvalue weighted by molar-refractivity contribution is 0.110. The van der Waals surface area contributed by atoms with E-state index in [0.29, 0.717) is 17.7 Å². The van der Waals surface area contributed by atoms with E-state index in [4.69, 9.17) is 21.1 Å². The lowest BCUT2D eigenvalue weighted by Crippen LogP contribution is -2.25. The van der Waals surface area contributed by atoms with Crippen LogP contribution in [0.2, 0.25) is 5.02 Å². The molecule has 0 amide bonds. The van der Waals surface area contributed by atoms with Crippen molar-refractivity contribution in [3.05, 3.63) is 64.4 Å². The Balaban J connectivity index is 1.45. The molecule has 1 heterocycles. The Morgan fingerprint density at radius 1 is 1.21 bits per heavy atom. The van der Waals surface area contributed by atoms with E-state index in [0.717, 1.165) is 43.9 Å². The van der Waals surface area contributed by atoms with Crippen molar-refractivity contribution < 1.29 is 13.9 Å². The summed E-state index contributed by atoms with van der Waals surface area (Å²) in [6, 6.07) is 12.2. The molecule has 1 atom stereocenters. The molecule has 0 saturated carbocycles. The molecule has 1 N–H and O–H groups in total. The van der Waals surface area contributed by atoms with Crippen molar-refractivity contribution in [3.8, 4) is 5.75 Å².